The molecule has 1 heterocycles. The summed E-state index contributed by atoms with van der Waals surface area (Å²) in [5.41, 5.74) is 4.51. The van der Waals surface area contributed by atoms with Crippen LogP contribution >= 0.6 is 0 Å². The SMILES string of the molecule is CCN1C(c2ccccc2)=COC=C1c1ccccc1. The summed E-state index contributed by atoms with van der Waals surface area (Å²) in [6, 6.07) is 20.6. The maximum atomic E-state index is 5.57. The highest BCUT2D eigenvalue weighted by atomic mass is 16.5. The topological polar surface area (TPSA) is 12.5 Å². The molecule has 0 saturated carbocycles. The van der Waals surface area contributed by atoms with E-state index >= 15 is 0 Å². The maximum absolute atomic E-state index is 5.57. The van der Waals surface area contributed by atoms with Crippen molar-refractivity contribution in [2.45, 2.75) is 6.92 Å². The second kappa shape index (κ2) is 5.66. The minimum absolute atomic E-state index is 0.894. The Hall–Kier alpha value is -2.48. The first-order chi connectivity index (χ1) is 9.90. The zero-order valence-electron chi connectivity index (χ0n) is 11.5. The molecule has 0 N–H and O–H groups in total. The lowest BCUT2D eigenvalue weighted by Gasteiger charge is -2.31. The van der Waals surface area contributed by atoms with Crippen LogP contribution in [0.3, 0.4) is 0 Å². The predicted octanol–water partition coefficient (Wildman–Crippen LogP) is 4.34. The molecule has 0 aromatic heterocycles. The second-order valence-corrected chi connectivity index (χ2v) is 4.62. The molecule has 0 bridgehead atoms. The molecule has 2 aromatic rings. The summed E-state index contributed by atoms with van der Waals surface area (Å²) in [5, 5.41) is 0. The standard InChI is InChI=1S/C18H17NO/c1-2-19-17(15-9-5-3-6-10-15)13-20-14-18(19)16-11-7-4-8-12-16/h3-14H,2H2,1H3. The molecule has 100 valence electrons. The van der Waals surface area contributed by atoms with Crippen LogP contribution in [0.5, 0.6) is 0 Å². The average Bonchev–Trinajstić information content (AvgIpc) is 2.55. The zero-order valence-corrected chi connectivity index (χ0v) is 11.5. The number of hydrogen-bond acceptors (Lipinski definition) is 2. The fourth-order valence-electron chi connectivity index (χ4n) is 2.43. The zero-order chi connectivity index (χ0) is 13.8. The van der Waals surface area contributed by atoms with Crippen molar-refractivity contribution >= 4 is 11.4 Å². The molecule has 0 radical (unpaired) electrons. The molecule has 3 rings (SSSR count). The Labute approximate surface area is 119 Å². The Morgan fingerprint density at radius 1 is 0.750 bits per heavy atom. The van der Waals surface area contributed by atoms with Crippen LogP contribution in [0.25, 0.3) is 11.4 Å². The van der Waals surface area contributed by atoms with Crippen molar-refractivity contribution in [3.8, 4) is 0 Å². The lowest BCUT2D eigenvalue weighted by Crippen LogP contribution is -2.22. The van der Waals surface area contributed by atoms with Gasteiger partial charge in [-0.3, -0.25) is 0 Å². The number of hydrogen-bond donors (Lipinski definition) is 0. The molecule has 0 unspecified atom stereocenters. The predicted molar refractivity (Wildman–Crippen MR) is 82.3 cm³/mol. The second-order valence-electron chi connectivity index (χ2n) is 4.62. The molecule has 2 heteroatoms. The molecule has 2 aromatic carbocycles. The highest BCUT2D eigenvalue weighted by Gasteiger charge is 2.19. The third-order valence-corrected chi connectivity index (χ3v) is 3.40. The average molecular weight is 263 g/mol. The van der Waals surface area contributed by atoms with E-state index in [-0.39, 0.29) is 0 Å². The molecule has 0 amide bonds. The monoisotopic (exact) mass is 263 g/mol. The lowest BCUT2D eigenvalue weighted by atomic mass is 10.1. The number of benzene rings is 2. The van der Waals surface area contributed by atoms with Crippen molar-refractivity contribution in [3.05, 3.63) is 84.3 Å². The van der Waals surface area contributed by atoms with Crippen LogP contribution in [0.15, 0.2) is 73.2 Å². The number of rotatable bonds is 3. The first kappa shape index (κ1) is 12.5. The molecule has 0 atom stereocenters. The fourth-order valence-corrected chi connectivity index (χ4v) is 2.43. The Morgan fingerprint density at radius 2 is 1.20 bits per heavy atom. The van der Waals surface area contributed by atoms with Crippen LogP contribution in [-0.4, -0.2) is 11.4 Å². The molecule has 0 saturated heterocycles. The number of ether oxygens (including phenoxy) is 1. The Morgan fingerprint density at radius 3 is 1.60 bits per heavy atom. The van der Waals surface area contributed by atoms with Gasteiger partial charge in [-0.1, -0.05) is 60.7 Å². The van der Waals surface area contributed by atoms with E-state index in [0.29, 0.717) is 0 Å². The van der Waals surface area contributed by atoms with E-state index in [9.17, 15) is 0 Å². The van der Waals surface area contributed by atoms with Gasteiger partial charge in [-0.05, 0) is 6.92 Å². The fraction of sp³-hybridized carbons (Fsp3) is 0.111. The van der Waals surface area contributed by atoms with Gasteiger partial charge in [0, 0.05) is 17.7 Å². The molecule has 0 spiro atoms. The Balaban J connectivity index is 1.98. The molecule has 0 aliphatic carbocycles. The largest absolute Gasteiger partial charge is 0.468 e. The third kappa shape index (κ3) is 2.32. The maximum Gasteiger partial charge on any atom is 0.115 e. The van der Waals surface area contributed by atoms with Crippen LogP contribution in [-0.2, 0) is 4.74 Å². The quantitative estimate of drug-likeness (QED) is 0.817. The molecular formula is C18H17NO. The van der Waals surface area contributed by atoms with E-state index in [4.69, 9.17) is 4.74 Å². The first-order valence-corrected chi connectivity index (χ1v) is 6.84. The summed E-state index contributed by atoms with van der Waals surface area (Å²) >= 11 is 0. The van der Waals surface area contributed by atoms with Crippen molar-refractivity contribution < 1.29 is 4.74 Å². The van der Waals surface area contributed by atoms with Gasteiger partial charge < -0.3 is 9.64 Å². The van der Waals surface area contributed by atoms with Crippen LogP contribution in [0.2, 0.25) is 0 Å². The van der Waals surface area contributed by atoms with E-state index in [1.165, 1.54) is 0 Å². The van der Waals surface area contributed by atoms with Gasteiger partial charge in [-0.2, -0.15) is 0 Å². The Bertz CT molecular complexity index is 573. The van der Waals surface area contributed by atoms with E-state index in [1.54, 1.807) is 0 Å². The van der Waals surface area contributed by atoms with Gasteiger partial charge in [0.1, 0.15) is 12.5 Å². The summed E-state index contributed by atoms with van der Waals surface area (Å²) in [4.78, 5) is 2.27. The first-order valence-electron chi connectivity index (χ1n) is 6.84. The van der Waals surface area contributed by atoms with Gasteiger partial charge in [-0.25, -0.2) is 0 Å². The third-order valence-electron chi connectivity index (χ3n) is 3.40. The van der Waals surface area contributed by atoms with Crippen molar-refractivity contribution in [2.24, 2.45) is 0 Å². The summed E-state index contributed by atoms with van der Waals surface area (Å²) in [6.07, 6.45) is 3.62. The summed E-state index contributed by atoms with van der Waals surface area (Å²) in [7, 11) is 0. The highest BCUT2D eigenvalue weighted by Crippen LogP contribution is 2.32. The highest BCUT2D eigenvalue weighted by molar-refractivity contribution is 5.77. The summed E-state index contributed by atoms with van der Waals surface area (Å²) in [6.45, 7) is 3.05. The summed E-state index contributed by atoms with van der Waals surface area (Å²) < 4.78 is 5.57. The van der Waals surface area contributed by atoms with Gasteiger partial charge in [0.2, 0.25) is 0 Å². The normalized spacial score (nSPS) is 14.3. The molecular weight excluding hydrogens is 246 g/mol. The van der Waals surface area contributed by atoms with Crippen molar-refractivity contribution in [1.29, 1.82) is 0 Å². The molecule has 2 nitrogen and oxygen atoms in total. The minimum Gasteiger partial charge on any atom is -0.468 e. The van der Waals surface area contributed by atoms with Crippen molar-refractivity contribution in [2.75, 3.05) is 6.54 Å². The van der Waals surface area contributed by atoms with Gasteiger partial charge in [-0.15, -0.1) is 0 Å². The van der Waals surface area contributed by atoms with Crippen molar-refractivity contribution in [3.63, 3.8) is 0 Å². The summed E-state index contributed by atoms with van der Waals surface area (Å²) in [5.74, 6) is 0. The smallest absolute Gasteiger partial charge is 0.115 e. The van der Waals surface area contributed by atoms with E-state index in [2.05, 4.69) is 36.1 Å². The molecule has 1 aliphatic rings. The van der Waals surface area contributed by atoms with E-state index in [0.717, 1.165) is 29.1 Å². The van der Waals surface area contributed by atoms with E-state index in [1.807, 2.05) is 48.9 Å². The van der Waals surface area contributed by atoms with Gasteiger partial charge in [0.15, 0.2) is 0 Å². The molecule has 0 fully saturated rings. The van der Waals surface area contributed by atoms with Crippen molar-refractivity contribution in [1.82, 2.24) is 4.90 Å². The molecule has 1 aliphatic heterocycles. The van der Waals surface area contributed by atoms with Crippen LogP contribution in [0, 0.1) is 0 Å². The van der Waals surface area contributed by atoms with Gasteiger partial charge >= 0.3 is 0 Å². The van der Waals surface area contributed by atoms with Crippen LogP contribution in [0.4, 0.5) is 0 Å². The van der Waals surface area contributed by atoms with E-state index < -0.39 is 0 Å². The number of nitrogens with zero attached hydrogens (tertiary/aromatic N) is 1. The van der Waals surface area contributed by atoms with Crippen LogP contribution < -0.4 is 0 Å². The molecule has 20 heavy (non-hydrogen) atoms. The Kier molecular flexibility index (Phi) is 3.55. The lowest BCUT2D eigenvalue weighted by molar-refractivity contribution is 0.370. The van der Waals surface area contributed by atoms with Gasteiger partial charge in [0.25, 0.3) is 0 Å². The van der Waals surface area contributed by atoms with Gasteiger partial charge in [0.05, 0.1) is 11.4 Å². The van der Waals surface area contributed by atoms with Crippen LogP contribution in [0.1, 0.15) is 18.1 Å². The minimum atomic E-state index is 0.894.